The highest BCUT2D eigenvalue weighted by Gasteiger charge is 2.33. The molecule has 2 amide bonds. The lowest BCUT2D eigenvalue weighted by Gasteiger charge is -2.24. The van der Waals surface area contributed by atoms with Crippen LogP contribution in [0.2, 0.25) is 0 Å². The third-order valence-corrected chi connectivity index (χ3v) is 3.68. The number of carbonyl (C=O) groups is 2. The second-order valence-electron chi connectivity index (χ2n) is 5.91. The van der Waals surface area contributed by atoms with Crippen molar-refractivity contribution in [1.82, 2.24) is 4.90 Å². The molecule has 20 heavy (non-hydrogen) atoms. The van der Waals surface area contributed by atoms with E-state index in [0.717, 1.165) is 5.69 Å². The minimum atomic E-state index is -0.506. The standard InChI is InChI=1S/C14H20N2O3S/c1-14(2,3)19-13(18)16-6-4-10(8-16)12(17)15-11-5-7-20-9-11/h5,7,9-10H,4,6,8H2,1-3H3,(H,15,17)/t10-/m0/s1. The number of carbonyl (C=O) groups excluding carboxylic acids is 2. The molecule has 110 valence electrons. The molecule has 2 heterocycles. The number of likely N-dealkylation sites (tertiary alicyclic amines) is 1. The molecule has 1 saturated heterocycles. The van der Waals surface area contributed by atoms with E-state index in [9.17, 15) is 9.59 Å². The molecule has 1 aliphatic heterocycles. The molecule has 0 spiro atoms. The van der Waals surface area contributed by atoms with E-state index in [1.165, 1.54) is 11.3 Å². The monoisotopic (exact) mass is 296 g/mol. The summed E-state index contributed by atoms with van der Waals surface area (Å²) in [6.07, 6.45) is 0.332. The largest absolute Gasteiger partial charge is 0.444 e. The van der Waals surface area contributed by atoms with Gasteiger partial charge in [-0.15, -0.1) is 0 Å². The van der Waals surface area contributed by atoms with Crippen molar-refractivity contribution in [1.29, 1.82) is 0 Å². The van der Waals surface area contributed by atoms with Crippen LogP contribution in [0, 0.1) is 5.92 Å². The average molecular weight is 296 g/mol. The normalized spacial score (nSPS) is 18.9. The molecule has 0 radical (unpaired) electrons. The summed E-state index contributed by atoms with van der Waals surface area (Å²) < 4.78 is 5.31. The highest BCUT2D eigenvalue weighted by Crippen LogP contribution is 2.21. The van der Waals surface area contributed by atoms with Crippen LogP contribution in [-0.2, 0) is 9.53 Å². The van der Waals surface area contributed by atoms with E-state index in [0.29, 0.717) is 19.5 Å². The van der Waals surface area contributed by atoms with Crippen LogP contribution in [0.5, 0.6) is 0 Å². The van der Waals surface area contributed by atoms with Gasteiger partial charge >= 0.3 is 6.09 Å². The summed E-state index contributed by atoms with van der Waals surface area (Å²) in [5, 5.41) is 6.67. The minimum Gasteiger partial charge on any atom is -0.444 e. The van der Waals surface area contributed by atoms with Crippen molar-refractivity contribution in [2.24, 2.45) is 5.92 Å². The number of nitrogens with one attached hydrogen (secondary N) is 1. The van der Waals surface area contributed by atoms with E-state index in [-0.39, 0.29) is 17.9 Å². The number of thiophene rings is 1. The quantitative estimate of drug-likeness (QED) is 0.913. The van der Waals surface area contributed by atoms with E-state index in [1.54, 1.807) is 4.90 Å². The van der Waals surface area contributed by atoms with Crippen LogP contribution < -0.4 is 5.32 Å². The maximum absolute atomic E-state index is 12.1. The molecule has 0 aliphatic carbocycles. The van der Waals surface area contributed by atoms with Gasteiger partial charge in [-0.1, -0.05) is 0 Å². The first-order chi connectivity index (χ1) is 9.35. The molecule has 1 aromatic heterocycles. The molecular weight excluding hydrogens is 276 g/mol. The van der Waals surface area contributed by atoms with Crippen LogP contribution >= 0.6 is 11.3 Å². The van der Waals surface area contributed by atoms with Crippen LogP contribution in [0.15, 0.2) is 16.8 Å². The van der Waals surface area contributed by atoms with Crippen molar-refractivity contribution >= 4 is 29.0 Å². The zero-order valence-corrected chi connectivity index (χ0v) is 12.8. The zero-order chi connectivity index (χ0) is 14.8. The summed E-state index contributed by atoms with van der Waals surface area (Å²) in [5.74, 6) is -0.197. The lowest BCUT2D eigenvalue weighted by Crippen LogP contribution is -2.36. The summed E-state index contributed by atoms with van der Waals surface area (Å²) in [4.78, 5) is 25.6. The Morgan fingerprint density at radius 1 is 1.45 bits per heavy atom. The maximum Gasteiger partial charge on any atom is 0.410 e. The number of hydrogen-bond donors (Lipinski definition) is 1. The Labute approximate surface area is 122 Å². The highest BCUT2D eigenvalue weighted by atomic mass is 32.1. The predicted molar refractivity (Wildman–Crippen MR) is 78.9 cm³/mol. The minimum absolute atomic E-state index is 0.0329. The number of ether oxygens (including phenoxy) is 1. The maximum atomic E-state index is 12.1. The van der Waals surface area contributed by atoms with Gasteiger partial charge in [0.1, 0.15) is 5.60 Å². The second-order valence-corrected chi connectivity index (χ2v) is 6.69. The average Bonchev–Trinajstić information content (AvgIpc) is 2.96. The van der Waals surface area contributed by atoms with Crippen molar-refractivity contribution in [3.05, 3.63) is 16.8 Å². The molecule has 0 bridgehead atoms. The molecule has 1 aliphatic rings. The molecular formula is C14H20N2O3S. The Hall–Kier alpha value is -1.56. The van der Waals surface area contributed by atoms with Crippen LogP contribution in [0.4, 0.5) is 10.5 Å². The molecule has 1 atom stereocenters. The van der Waals surface area contributed by atoms with E-state index in [4.69, 9.17) is 4.74 Å². The summed E-state index contributed by atoms with van der Waals surface area (Å²) in [6, 6.07) is 1.86. The number of rotatable bonds is 2. The first-order valence-electron chi connectivity index (χ1n) is 6.66. The number of hydrogen-bond acceptors (Lipinski definition) is 4. The Morgan fingerprint density at radius 3 is 2.80 bits per heavy atom. The predicted octanol–water partition coefficient (Wildman–Crippen LogP) is 2.94. The van der Waals surface area contributed by atoms with Gasteiger partial charge in [-0.05, 0) is 38.6 Å². The zero-order valence-electron chi connectivity index (χ0n) is 12.0. The summed E-state index contributed by atoms with van der Waals surface area (Å²) >= 11 is 1.54. The van der Waals surface area contributed by atoms with Crippen molar-refractivity contribution in [2.75, 3.05) is 18.4 Å². The van der Waals surface area contributed by atoms with Gasteiger partial charge < -0.3 is 15.0 Å². The lowest BCUT2D eigenvalue weighted by molar-refractivity contribution is -0.119. The van der Waals surface area contributed by atoms with Crippen LogP contribution in [0.3, 0.4) is 0 Å². The third-order valence-electron chi connectivity index (χ3n) is 3.00. The molecule has 0 unspecified atom stereocenters. The summed E-state index contributed by atoms with van der Waals surface area (Å²) in [5.41, 5.74) is 0.310. The Morgan fingerprint density at radius 2 is 2.20 bits per heavy atom. The van der Waals surface area contributed by atoms with E-state index >= 15 is 0 Å². The van der Waals surface area contributed by atoms with E-state index in [1.807, 2.05) is 37.6 Å². The first-order valence-corrected chi connectivity index (χ1v) is 7.60. The van der Waals surface area contributed by atoms with Gasteiger partial charge in [0.05, 0.1) is 11.6 Å². The molecule has 0 saturated carbocycles. The highest BCUT2D eigenvalue weighted by molar-refractivity contribution is 7.08. The van der Waals surface area contributed by atoms with Gasteiger partial charge in [0.25, 0.3) is 0 Å². The Kier molecular flexibility index (Phi) is 4.32. The fourth-order valence-electron chi connectivity index (χ4n) is 2.05. The summed E-state index contributed by atoms with van der Waals surface area (Å²) in [7, 11) is 0. The topological polar surface area (TPSA) is 58.6 Å². The fraction of sp³-hybridized carbons (Fsp3) is 0.571. The van der Waals surface area contributed by atoms with Gasteiger partial charge in [0, 0.05) is 18.5 Å². The number of amides is 2. The van der Waals surface area contributed by atoms with Crippen molar-refractivity contribution in [3.8, 4) is 0 Å². The van der Waals surface area contributed by atoms with Crippen molar-refractivity contribution in [2.45, 2.75) is 32.8 Å². The Bertz CT molecular complexity index is 479. The Balaban J connectivity index is 1.85. The van der Waals surface area contributed by atoms with Crippen LogP contribution in [0.1, 0.15) is 27.2 Å². The molecule has 6 heteroatoms. The lowest BCUT2D eigenvalue weighted by atomic mass is 10.1. The van der Waals surface area contributed by atoms with Gasteiger partial charge in [-0.25, -0.2) is 4.79 Å². The van der Waals surface area contributed by atoms with E-state index in [2.05, 4.69) is 5.32 Å². The van der Waals surface area contributed by atoms with Crippen LogP contribution in [-0.4, -0.2) is 35.6 Å². The smallest absolute Gasteiger partial charge is 0.410 e. The SMILES string of the molecule is CC(C)(C)OC(=O)N1CC[C@H](C(=O)Nc2ccsc2)C1. The molecule has 1 fully saturated rings. The molecule has 5 nitrogen and oxygen atoms in total. The second kappa shape index (κ2) is 5.83. The first kappa shape index (κ1) is 14.8. The number of anilines is 1. The van der Waals surface area contributed by atoms with Gasteiger partial charge in [0.2, 0.25) is 5.91 Å². The third kappa shape index (κ3) is 3.96. The number of nitrogens with zero attached hydrogens (tertiary/aromatic N) is 1. The molecule has 1 aromatic rings. The van der Waals surface area contributed by atoms with Crippen LogP contribution in [0.25, 0.3) is 0 Å². The van der Waals surface area contributed by atoms with Crippen molar-refractivity contribution < 1.29 is 14.3 Å². The molecule has 1 N–H and O–H groups in total. The van der Waals surface area contributed by atoms with E-state index < -0.39 is 5.60 Å². The van der Waals surface area contributed by atoms with Gasteiger partial charge in [0.15, 0.2) is 0 Å². The molecule has 0 aromatic carbocycles. The van der Waals surface area contributed by atoms with Gasteiger partial charge in [-0.3, -0.25) is 4.79 Å². The van der Waals surface area contributed by atoms with Gasteiger partial charge in [-0.2, -0.15) is 11.3 Å². The summed E-state index contributed by atoms with van der Waals surface area (Å²) in [6.45, 7) is 6.49. The molecule has 2 rings (SSSR count). The van der Waals surface area contributed by atoms with Crippen molar-refractivity contribution in [3.63, 3.8) is 0 Å². The fourth-order valence-corrected chi connectivity index (χ4v) is 2.63.